The molecule has 0 aliphatic carbocycles. The SMILES string of the molecule is O=C(CSC1CCNCC1)NCC(O)c1ccsc1. The topological polar surface area (TPSA) is 61.4 Å². The van der Waals surface area contributed by atoms with Crippen molar-refractivity contribution in [3.63, 3.8) is 0 Å². The Hall–Kier alpha value is -0.560. The van der Waals surface area contributed by atoms with Gasteiger partial charge in [-0.15, -0.1) is 11.8 Å². The van der Waals surface area contributed by atoms with E-state index in [4.69, 9.17) is 0 Å². The summed E-state index contributed by atoms with van der Waals surface area (Å²) in [7, 11) is 0. The molecule has 6 heteroatoms. The van der Waals surface area contributed by atoms with Crippen LogP contribution in [-0.2, 0) is 4.79 Å². The van der Waals surface area contributed by atoms with Crippen molar-refractivity contribution in [1.82, 2.24) is 10.6 Å². The van der Waals surface area contributed by atoms with Crippen molar-refractivity contribution < 1.29 is 9.90 Å². The third-order valence-corrected chi connectivity index (χ3v) is 5.23. The molecule has 2 heterocycles. The van der Waals surface area contributed by atoms with E-state index in [0.717, 1.165) is 31.5 Å². The zero-order valence-electron chi connectivity index (χ0n) is 10.8. The fourth-order valence-corrected chi connectivity index (χ4v) is 3.76. The predicted molar refractivity (Wildman–Crippen MR) is 80.6 cm³/mol. The summed E-state index contributed by atoms with van der Waals surface area (Å²) in [6, 6.07) is 1.88. The average Bonchev–Trinajstić information content (AvgIpc) is 2.98. The van der Waals surface area contributed by atoms with Crippen LogP contribution in [0.15, 0.2) is 16.8 Å². The monoisotopic (exact) mass is 300 g/mol. The van der Waals surface area contributed by atoms with Crippen molar-refractivity contribution in [3.05, 3.63) is 22.4 Å². The number of thioether (sulfide) groups is 1. The molecule has 3 N–H and O–H groups in total. The Labute approximate surface area is 122 Å². The third kappa shape index (κ3) is 5.14. The second-order valence-corrected chi connectivity index (χ2v) is 6.71. The summed E-state index contributed by atoms with van der Waals surface area (Å²) in [5.74, 6) is 0.499. The minimum Gasteiger partial charge on any atom is -0.387 e. The maximum Gasteiger partial charge on any atom is 0.230 e. The minimum absolute atomic E-state index is 0.0119. The largest absolute Gasteiger partial charge is 0.387 e. The van der Waals surface area contributed by atoms with Crippen LogP contribution in [0.2, 0.25) is 0 Å². The first kappa shape index (κ1) is 14.8. The summed E-state index contributed by atoms with van der Waals surface area (Å²) in [5, 5.41) is 20.4. The van der Waals surface area contributed by atoms with Crippen molar-refractivity contribution in [3.8, 4) is 0 Å². The zero-order valence-corrected chi connectivity index (χ0v) is 12.4. The molecule has 4 nitrogen and oxygen atoms in total. The fourth-order valence-electron chi connectivity index (χ4n) is 2.00. The molecule has 0 saturated carbocycles. The number of piperidine rings is 1. The van der Waals surface area contributed by atoms with Crippen LogP contribution < -0.4 is 10.6 Å². The molecule has 0 radical (unpaired) electrons. The van der Waals surface area contributed by atoms with Gasteiger partial charge < -0.3 is 15.7 Å². The Morgan fingerprint density at radius 3 is 3.05 bits per heavy atom. The molecule has 0 bridgehead atoms. The van der Waals surface area contributed by atoms with E-state index in [1.165, 1.54) is 0 Å². The average molecular weight is 300 g/mol. The molecule has 1 atom stereocenters. The van der Waals surface area contributed by atoms with Crippen LogP contribution in [0.25, 0.3) is 0 Å². The first-order chi connectivity index (χ1) is 9.25. The second-order valence-electron chi connectivity index (χ2n) is 4.64. The minimum atomic E-state index is -0.598. The van der Waals surface area contributed by atoms with Gasteiger partial charge in [-0.2, -0.15) is 11.3 Å². The van der Waals surface area contributed by atoms with E-state index in [2.05, 4.69) is 10.6 Å². The van der Waals surface area contributed by atoms with Gasteiger partial charge in [0, 0.05) is 11.8 Å². The summed E-state index contributed by atoms with van der Waals surface area (Å²) in [5.41, 5.74) is 0.872. The van der Waals surface area contributed by atoms with Gasteiger partial charge in [0.2, 0.25) is 5.91 Å². The lowest BCUT2D eigenvalue weighted by Crippen LogP contribution is -2.32. The van der Waals surface area contributed by atoms with Gasteiger partial charge in [-0.3, -0.25) is 4.79 Å². The van der Waals surface area contributed by atoms with Gasteiger partial charge in [0.25, 0.3) is 0 Å². The van der Waals surface area contributed by atoms with Gasteiger partial charge >= 0.3 is 0 Å². The predicted octanol–water partition coefficient (Wildman–Crippen LogP) is 1.38. The molecule has 2 rings (SSSR count). The highest BCUT2D eigenvalue weighted by Gasteiger charge is 2.15. The molecule has 106 valence electrons. The number of hydrogen-bond donors (Lipinski definition) is 3. The second kappa shape index (κ2) is 7.89. The molecule has 1 aliphatic heterocycles. The molecule has 0 spiro atoms. The normalized spacial score (nSPS) is 18.2. The van der Waals surface area contributed by atoms with E-state index in [0.29, 0.717) is 17.5 Å². The lowest BCUT2D eigenvalue weighted by atomic mass is 10.2. The molecular weight excluding hydrogens is 280 g/mol. The van der Waals surface area contributed by atoms with Gasteiger partial charge in [-0.1, -0.05) is 0 Å². The molecule has 1 saturated heterocycles. The van der Waals surface area contributed by atoms with Crippen molar-refractivity contribution in [2.45, 2.75) is 24.2 Å². The van der Waals surface area contributed by atoms with Crippen LogP contribution in [0, 0.1) is 0 Å². The lowest BCUT2D eigenvalue weighted by molar-refractivity contribution is -0.119. The Kier molecular flexibility index (Phi) is 6.16. The van der Waals surface area contributed by atoms with Crippen molar-refractivity contribution in [2.24, 2.45) is 0 Å². The smallest absolute Gasteiger partial charge is 0.230 e. The van der Waals surface area contributed by atoms with Crippen LogP contribution >= 0.6 is 23.1 Å². The van der Waals surface area contributed by atoms with Gasteiger partial charge in [0.15, 0.2) is 0 Å². The highest BCUT2D eigenvalue weighted by atomic mass is 32.2. The first-order valence-electron chi connectivity index (χ1n) is 6.55. The van der Waals surface area contributed by atoms with Crippen LogP contribution in [0.3, 0.4) is 0 Å². The molecule has 19 heavy (non-hydrogen) atoms. The van der Waals surface area contributed by atoms with E-state index in [1.54, 1.807) is 23.1 Å². The molecule has 1 aromatic rings. The number of nitrogens with one attached hydrogen (secondary N) is 2. The van der Waals surface area contributed by atoms with Crippen LogP contribution in [0.4, 0.5) is 0 Å². The van der Waals surface area contributed by atoms with E-state index in [1.807, 2.05) is 16.8 Å². The zero-order chi connectivity index (χ0) is 13.5. The molecule has 1 amide bonds. The number of aliphatic hydroxyl groups is 1. The third-order valence-electron chi connectivity index (χ3n) is 3.16. The molecule has 0 aromatic carbocycles. The maximum absolute atomic E-state index is 11.7. The Bertz CT molecular complexity index is 378. The van der Waals surface area contributed by atoms with Crippen LogP contribution in [-0.4, -0.2) is 41.7 Å². The Morgan fingerprint density at radius 2 is 2.37 bits per heavy atom. The first-order valence-corrected chi connectivity index (χ1v) is 8.54. The van der Waals surface area contributed by atoms with E-state index in [-0.39, 0.29) is 5.91 Å². The van der Waals surface area contributed by atoms with E-state index in [9.17, 15) is 9.90 Å². The summed E-state index contributed by atoms with van der Waals surface area (Å²) in [6.07, 6.45) is 1.67. The molecule has 1 aromatic heterocycles. The van der Waals surface area contributed by atoms with Crippen molar-refractivity contribution in [1.29, 1.82) is 0 Å². The fraction of sp³-hybridized carbons (Fsp3) is 0.615. The molecule has 1 unspecified atom stereocenters. The lowest BCUT2D eigenvalue weighted by Gasteiger charge is -2.21. The Morgan fingerprint density at radius 1 is 1.58 bits per heavy atom. The number of thiophene rings is 1. The number of hydrogen-bond acceptors (Lipinski definition) is 5. The van der Waals surface area contributed by atoms with Gasteiger partial charge in [-0.05, 0) is 48.3 Å². The highest BCUT2D eigenvalue weighted by Crippen LogP contribution is 2.20. The molecular formula is C13H20N2O2S2. The Balaban J connectivity index is 1.61. The van der Waals surface area contributed by atoms with E-state index >= 15 is 0 Å². The number of amides is 1. The standard InChI is InChI=1S/C13H20N2O2S2/c16-12(10-3-6-18-8-10)7-15-13(17)9-19-11-1-4-14-5-2-11/h3,6,8,11-12,14,16H,1-2,4-5,7,9H2,(H,15,17). The van der Waals surface area contributed by atoms with Gasteiger partial charge in [-0.25, -0.2) is 0 Å². The summed E-state index contributed by atoms with van der Waals surface area (Å²) in [6.45, 7) is 2.40. The van der Waals surface area contributed by atoms with Crippen molar-refractivity contribution in [2.75, 3.05) is 25.4 Å². The number of rotatable bonds is 6. The maximum atomic E-state index is 11.7. The van der Waals surface area contributed by atoms with E-state index < -0.39 is 6.10 Å². The molecule has 1 aliphatic rings. The van der Waals surface area contributed by atoms with Gasteiger partial charge in [0.05, 0.1) is 11.9 Å². The van der Waals surface area contributed by atoms with Crippen molar-refractivity contribution >= 4 is 29.0 Å². The number of carbonyl (C=O) groups excluding carboxylic acids is 1. The van der Waals surface area contributed by atoms with Crippen LogP contribution in [0.5, 0.6) is 0 Å². The summed E-state index contributed by atoms with van der Waals surface area (Å²) in [4.78, 5) is 11.7. The number of aliphatic hydroxyl groups excluding tert-OH is 1. The number of carbonyl (C=O) groups is 1. The highest BCUT2D eigenvalue weighted by molar-refractivity contribution is 8.00. The van der Waals surface area contributed by atoms with Gasteiger partial charge in [0.1, 0.15) is 0 Å². The summed E-state index contributed by atoms with van der Waals surface area (Å²) >= 11 is 3.27. The molecule has 1 fully saturated rings. The van der Waals surface area contributed by atoms with Crippen LogP contribution in [0.1, 0.15) is 24.5 Å². The quantitative estimate of drug-likeness (QED) is 0.743. The summed E-state index contributed by atoms with van der Waals surface area (Å²) < 4.78 is 0.